The molecule has 1 amide bonds. The van der Waals surface area contributed by atoms with Gasteiger partial charge in [-0.1, -0.05) is 12.1 Å². The molecule has 0 spiro atoms. The molecule has 0 bridgehead atoms. The van der Waals surface area contributed by atoms with Gasteiger partial charge in [0.25, 0.3) is 5.91 Å². The van der Waals surface area contributed by atoms with Crippen LogP contribution in [0.5, 0.6) is 0 Å². The van der Waals surface area contributed by atoms with E-state index < -0.39 is 0 Å². The van der Waals surface area contributed by atoms with Crippen molar-refractivity contribution in [2.45, 2.75) is 25.3 Å². The van der Waals surface area contributed by atoms with Gasteiger partial charge >= 0.3 is 0 Å². The van der Waals surface area contributed by atoms with E-state index in [1.807, 2.05) is 12.1 Å². The molecule has 1 aromatic heterocycles. The topological polar surface area (TPSA) is 45.2 Å². The van der Waals surface area contributed by atoms with Crippen LogP contribution in [0.25, 0.3) is 5.57 Å². The van der Waals surface area contributed by atoms with E-state index in [1.165, 1.54) is 5.57 Å². The quantitative estimate of drug-likeness (QED) is 0.896. The average molecular weight is 257 g/mol. The third-order valence-electron chi connectivity index (χ3n) is 3.64. The summed E-state index contributed by atoms with van der Waals surface area (Å²) in [7, 11) is 2.11. The predicted molar refractivity (Wildman–Crippen MR) is 74.8 cm³/mol. The van der Waals surface area contributed by atoms with E-state index in [2.05, 4.69) is 28.3 Å². The molecule has 1 aliphatic carbocycles. The molecular weight excluding hydrogens is 238 g/mol. The second-order valence-electron chi connectivity index (χ2n) is 5.40. The second-order valence-corrected chi connectivity index (χ2v) is 5.40. The maximum Gasteiger partial charge on any atom is 0.270 e. The highest BCUT2D eigenvalue weighted by atomic mass is 16.2. The van der Waals surface area contributed by atoms with Gasteiger partial charge in [-0.2, -0.15) is 0 Å². The molecule has 2 aliphatic rings. The Morgan fingerprint density at radius 2 is 2.26 bits per heavy atom. The van der Waals surface area contributed by atoms with Crippen molar-refractivity contribution in [1.29, 1.82) is 0 Å². The minimum absolute atomic E-state index is 0.0436. The summed E-state index contributed by atoms with van der Waals surface area (Å²) in [5, 5.41) is 2.98. The van der Waals surface area contributed by atoms with Crippen LogP contribution in [0.15, 0.2) is 24.3 Å². The van der Waals surface area contributed by atoms with Crippen molar-refractivity contribution >= 4 is 11.5 Å². The van der Waals surface area contributed by atoms with Crippen molar-refractivity contribution in [3.8, 4) is 0 Å². The van der Waals surface area contributed by atoms with Gasteiger partial charge in [0, 0.05) is 19.1 Å². The van der Waals surface area contributed by atoms with Crippen LogP contribution < -0.4 is 5.32 Å². The molecule has 1 fully saturated rings. The molecule has 2 heterocycles. The van der Waals surface area contributed by atoms with Crippen molar-refractivity contribution < 1.29 is 4.79 Å². The summed E-state index contributed by atoms with van der Waals surface area (Å²) in [6.07, 6.45) is 5.40. The Kier molecular flexibility index (Phi) is 3.34. The second kappa shape index (κ2) is 5.13. The Bertz CT molecular complexity index is 520. The van der Waals surface area contributed by atoms with E-state index in [1.54, 1.807) is 6.07 Å². The summed E-state index contributed by atoms with van der Waals surface area (Å²) in [5.74, 6) is -0.0436. The molecule has 0 aromatic carbocycles. The SMILES string of the molecule is CN1CC=C(c2cccc(C(=O)NC3CC3)n2)CC1. The summed E-state index contributed by atoms with van der Waals surface area (Å²) >= 11 is 0. The Morgan fingerprint density at radius 3 is 2.95 bits per heavy atom. The van der Waals surface area contributed by atoms with E-state index in [9.17, 15) is 4.79 Å². The molecule has 1 saturated carbocycles. The maximum absolute atomic E-state index is 12.0. The van der Waals surface area contributed by atoms with Crippen LogP contribution in [0, 0.1) is 0 Å². The van der Waals surface area contributed by atoms with Crippen LogP contribution in [0.1, 0.15) is 35.4 Å². The largest absolute Gasteiger partial charge is 0.348 e. The molecule has 0 radical (unpaired) electrons. The molecule has 0 atom stereocenters. The van der Waals surface area contributed by atoms with Crippen molar-refractivity contribution in [3.63, 3.8) is 0 Å². The Balaban J connectivity index is 1.77. The number of nitrogens with zero attached hydrogens (tertiary/aromatic N) is 2. The normalized spacial score (nSPS) is 19.9. The standard InChI is InChI=1S/C15H19N3O/c1-18-9-7-11(8-10-18)13-3-2-4-14(17-13)15(19)16-12-5-6-12/h2-4,7,12H,5-6,8-10H2,1H3,(H,16,19). The summed E-state index contributed by atoms with van der Waals surface area (Å²) in [6.45, 7) is 2.00. The number of aromatic nitrogens is 1. The van der Waals surface area contributed by atoms with Gasteiger partial charge in [0.1, 0.15) is 5.69 Å². The predicted octanol–water partition coefficient (Wildman–Crippen LogP) is 1.69. The summed E-state index contributed by atoms with van der Waals surface area (Å²) in [4.78, 5) is 18.8. The molecule has 0 saturated heterocycles. The van der Waals surface area contributed by atoms with Gasteiger partial charge in [0.05, 0.1) is 5.69 Å². The molecule has 19 heavy (non-hydrogen) atoms. The van der Waals surface area contributed by atoms with Gasteiger partial charge in [-0.15, -0.1) is 0 Å². The Hall–Kier alpha value is -1.68. The van der Waals surface area contributed by atoms with Gasteiger partial charge in [-0.05, 0) is 44.0 Å². The zero-order valence-corrected chi connectivity index (χ0v) is 11.2. The fourth-order valence-electron chi connectivity index (χ4n) is 2.23. The number of amides is 1. The monoisotopic (exact) mass is 257 g/mol. The first kappa shape index (κ1) is 12.4. The number of hydrogen-bond acceptors (Lipinski definition) is 3. The Morgan fingerprint density at radius 1 is 1.42 bits per heavy atom. The number of carbonyl (C=O) groups excluding carboxylic acids is 1. The van der Waals surface area contributed by atoms with E-state index in [4.69, 9.17) is 0 Å². The summed E-state index contributed by atoms with van der Waals surface area (Å²) in [6, 6.07) is 6.07. The first-order valence-electron chi connectivity index (χ1n) is 6.88. The highest BCUT2D eigenvalue weighted by molar-refractivity contribution is 5.93. The van der Waals surface area contributed by atoms with Crippen LogP contribution in [0.4, 0.5) is 0 Å². The molecule has 0 unspecified atom stereocenters. The average Bonchev–Trinajstić information content (AvgIpc) is 3.24. The summed E-state index contributed by atoms with van der Waals surface area (Å²) < 4.78 is 0. The fraction of sp³-hybridized carbons (Fsp3) is 0.467. The zero-order chi connectivity index (χ0) is 13.2. The van der Waals surface area contributed by atoms with Crippen molar-refractivity contribution in [3.05, 3.63) is 35.7 Å². The van der Waals surface area contributed by atoms with Crippen LogP contribution in [0.3, 0.4) is 0 Å². The number of likely N-dealkylation sites (N-methyl/N-ethyl adjacent to an activating group) is 1. The van der Waals surface area contributed by atoms with Gasteiger partial charge in [0.15, 0.2) is 0 Å². The van der Waals surface area contributed by atoms with Crippen LogP contribution in [-0.4, -0.2) is 42.0 Å². The van der Waals surface area contributed by atoms with Gasteiger partial charge in [0.2, 0.25) is 0 Å². The molecular formula is C15H19N3O. The van der Waals surface area contributed by atoms with E-state index in [0.717, 1.165) is 38.0 Å². The zero-order valence-electron chi connectivity index (χ0n) is 11.2. The third kappa shape index (κ3) is 3.01. The molecule has 1 aromatic rings. The van der Waals surface area contributed by atoms with Crippen molar-refractivity contribution in [1.82, 2.24) is 15.2 Å². The van der Waals surface area contributed by atoms with Crippen LogP contribution in [-0.2, 0) is 0 Å². The maximum atomic E-state index is 12.0. The van der Waals surface area contributed by atoms with Crippen LogP contribution in [0.2, 0.25) is 0 Å². The minimum Gasteiger partial charge on any atom is -0.348 e. The molecule has 1 N–H and O–H groups in total. The number of nitrogens with one attached hydrogen (secondary N) is 1. The molecule has 100 valence electrons. The van der Waals surface area contributed by atoms with Crippen molar-refractivity contribution in [2.24, 2.45) is 0 Å². The highest BCUT2D eigenvalue weighted by Crippen LogP contribution is 2.21. The lowest BCUT2D eigenvalue weighted by atomic mass is 10.0. The lowest BCUT2D eigenvalue weighted by molar-refractivity contribution is 0.0946. The van der Waals surface area contributed by atoms with E-state index >= 15 is 0 Å². The molecule has 4 heteroatoms. The van der Waals surface area contributed by atoms with Crippen LogP contribution >= 0.6 is 0 Å². The van der Waals surface area contributed by atoms with E-state index in [0.29, 0.717) is 11.7 Å². The smallest absolute Gasteiger partial charge is 0.270 e. The number of pyridine rings is 1. The highest BCUT2D eigenvalue weighted by Gasteiger charge is 2.24. The number of hydrogen-bond donors (Lipinski definition) is 1. The molecule has 1 aliphatic heterocycles. The Labute approximate surface area is 113 Å². The lowest BCUT2D eigenvalue weighted by Gasteiger charge is -2.21. The fourth-order valence-corrected chi connectivity index (χ4v) is 2.23. The lowest BCUT2D eigenvalue weighted by Crippen LogP contribution is -2.27. The minimum atomic E-state index is -0.0436. The molecule has 3 rings (SSSR count). The molecule has 4 nitrogen and oxygen atoms in total. The third-order valence-corrected chi connectivity index (χ3v) is 3.64. The number of rotatable bonds is 3. The summed E-state index contributed by atoms with van der Waals surface area (Å²) in [5.41, 5.74) is 2.72. The number of carbonyl (C=O) groups is 1. The van der Waals surface area contributed by atoms with Gasteiger partial charge in [-0.25, -0.2) is 4.98 Å². The van der Waals surface area contributed by atoms with Gasteiger partial charge in [-0.3, -0.25) is 4.79 Å². The van der Waals surface area contributed by atoms with Crippen molar-refractivity contribution in [2.75, 3.05) is 20.1 Å². The van der Waals surface area contributed by atoms with E-state index in [-0.39, 0.29) is 5.91 Å². The van der Waals surface area contributed by atoms with Gasteiger partial charge < -0.3 is 10.2 Å². The first-order chi connectivity index (χ1) is 9.22. The first-order valence-corrected chi connectivity index (χ1v) is 6.88.